The molecule has 0 aliphatic carbocycles. The Morgan fingerprint density at radius 2 is 0.860 bits per heavy atom. The van der Waals surface area contributed by atoms with Gasteiger partial charge < -0.3 is 4.42 Å². The van der Waals surface area contributed by atoms with Crippen LogP contribution in [0.4, 0.5) is 0 Å². The minimum Gasteiger partial charge on any atom is -0.456 e. The number of nitrogens with zero attached hydrogens (tertiary/aromatic N) is 3. The number of fused-ring (bicyclic) bond motifs is 6. The topological polar surface area (TPSA) is 43.9 Å². The van der Waals surface area contributed by atoms with Crippen LogP contribution in [0.1, 0.15) is 0 Å². The van der Waals surface area contributed by atoms with E-state index in [1.807, 2.05) is 48.5 Å². The molecule has 3 heterocycles. The molecule has 0 spiro atoms. The highest BCUT2D eigenvalue weighted by Crippen LogP contribution is 2.37. The van der Waals surface area contributed by atoms with Crippen molar-refractivity contribution in [3.8, 4) is 50.7 Å². The van der Waals surface area contributed by atoms with Crippen LogP contribution in [0.3, 0.4) is 0 Å². The second-order valence-electron chi connectivity index (χ2n) is 12.6. The zero-order valence-corrected chi connectivity index (χ0v) is 27.0. The van der Waals surface area contributed by atoms with Crippen LogP contribution in [-0.2, 0) is 0 Å². The van der Waals surface area contributed by atoms with Crippen molar-refractivity contribution in [2.24, 2.45) is 0 Å². The Bertz CT molecular complexity index is 2810. The fourth-order valence-corrected chi connectivity index (χ4v) is 7.20. The van der Waals surface area contributed by atoms with E-state index < -0.39 is 0 Å². The Morgan fingerprint density at radius 3 is 1.58 bits per heavy atom. The van der Waals surface area contributed by atoms with E-state index >= 15 is 0 Å². The molecule has 10 aromatic rings. The van der Waals surface area contributed by atoms with E-state index in [0.29, 0.717) is 5.95 Å². The summed E-state index contributed by atoms with van der Waals surface area (Å²) in [7, 11) is 0. The monoisotopic (exact) mass is 639 g/mol. The quantitative estimate of drug-likeness (QED) is 0.188. The standard InChI is InChI=1S/C46H29N3O/c1-3-12-30(13-4-1)40-29-41(31-14-5-2-6-15-31)48-46(47-40)49-42-20-9-7-18-36(42)38-27-34(22-24-43(38)49)32-16-11-17-33(26-32)35-23-25-45-39(28-35)37-19-8-10-21-44(37)50-45/h1-29H. The van der Waals surface area contributed by atoms with Crippen LogP contribution < -0.4 is 0 Å². The lowest BCUT2D eigenvalue weighted by atomic mass is 9.97. The summed E-state index contributed by atoms with van der Waals surface area (Å²) < 4.78 is 8.30. The normalized spacial score (nSPS) is 11.6. The molecule has 4 nitrogen and oxygen atoms in total. The number of para-hydroxylation sites is 2. The zero-order chi connectivity index (χ0) is 33.0. The van der Waals surface area contributed by atoms with Crippen LogP contribution in [0.5, 0.6) is 0 Å². The number of furan rings is 1. The predicted molar refractivity (Wildman–Crippen MR) is 205 cm³/mol. The first-order chi connectivity index (χ1) is 24.8. The van der Waals surface area contributed by atoms with Gasteiger partial charge in [0.15, 0.2) is 0 Å². The first-order valence-corrected chi connectivity index (χ1v) is 16.8. The Hall–Kier alpha value is -6.78. The summed E-state index contributed by atoms with van der Waals surface area (Å²) in [6, 6.07) is 61.5. The molecule has 0 unspecified atom stereocenters. The molecule has 7 aromatic carbocycles. The third kappa shape index (κ3) is 4.69. The molecule has 0 aliphatic rings. The lowest BCUT2D eigenvalue weighted by molar-refractivity contribution is 0.669. The van der Waals surface area contributed by atoms with Crippen molar-refractivity contribution < 1.29 is 4.42 Å². The summed E-state index contributed by atoms with van der Waals surface area (Å²) in [6.07, 6.45) is 0. The third-order valence-corrected chi connectivity index (χ3v) is 9.63. The van der Waals surface area contributed by atoms with Gasteiger partial charge in [-0.1, -0.05) is 127 Å². The minimum absolute atomic E-state index is 0.647. The largest absolute Gasteiger partial charge is 0.456 e. The van der Waals surface area contributed by atoms with Crippen molar-refractivity contribution in [1.29, 1.82) is 0 Å². The first-order valence-electron chi connectivity index (χ1n) is 16.8. The van der Waals surface area contributed by atoms with E-state index in [-0.39, 0.29) is 0 Å². The Labute approximate surface area is 288 Å². The average molecular weight is 640 g/mol. The van der Waals surface area contributed by atoms with Crippen LogP contribution in [-0.4, -0.2) is 14.5 Å². The van der Waals surface area contributed by atoms with Crippen LogP contribution in [0, 0.1) is 0 Å². The van der Waals surface area contributed by atoms with Crippen LogP contribution in [0.15, 0.2) is 180 Å². The molecule has 0 radical (unpaired) electrons. The summed E-state index contributed by atoms with van der Waals surface area (Å²) in [5.74, 6) is 0.647. The van der Waals surface area contributed by atoms with Gasteiger partial charge in [0.2, 0.25) is 5.95 Å². The second kappa shape index (κ2) is 11.4. The van der Waals surface area contributed by atoms with E-state index in [4.69, 9.17) is 14.4 Å². The summed E-state index contributed by atoms with van der Waals surface area (Å²) in [5.41, 5.74) is 12.5. The molecule has 0 saturated heterocycles. The Balaban J connectivity index is 1.12. The minimum atomic E-state index is 0.647. The molecular weight excluding hydrogens is 611 g/mol. The molecule has 0 fully saturated rings. The van der Waals surface area contributed by atoms with Gasteiger partial charge in [0.05, 0.1) is 22.4 Å². The molecule has 3 aromatic heterocycles. The van der Waals surface area contributed by atoms with Gasteiger partial charge in [0.1, 0.15) is 11.2 Å². The Kier molecular flexibility index (Phi) is 6.46. The van der Waals surface area contributed by atoms with Gasteiger partial charge in [-0.25, -0.2) is 9.97 Å². The number of benzene rings is 7. The van der Waals surface area contributed by atoms with Crippen molar-refractivity contribution in [2.45, 2.75) is 0 Å². The SMILES string of the molecule is c1ccc(-c2cc(-c3ccccc3)nc(-n3c4ccccc4c4cc(-c5cccc(-c6ccc7oc8ccccc8c7c6)c5)ccc43)n2)cc1. The molecule has 0 saturated carbocycles. The smallest absolute Gasteiger partial charge is 0.235 e. The lowest BCUT2D eigenvalue weighted by Crippen LogP contribution is -2.03. The van der Waals surface area contributed by atoms with Crippen molar-refractivity contribution in [1.82, 2.24) is 14.5 Å². The zero-order valence-electron chi connectivity index (χ0n) is 27.0. The third-order valence-electron chi connectivity index (χ3n) is 9.63. The first kappa shape index (κ1) is 28.3. The maximum Gasteiger partial charge on any atom is 0.235 e. The molecule has 4 heteroatoms. The predicted octanol–water partition coefficient (Wildman–Crippen LogP) is 12.1. The van der Waals surface area contributed by atoms with Crippen LogP contribution >= 0.6 is 0 Å². The molecule has 0 aliphatic heterocycles. The summed E-state index contributed by atoms with van der Waals surface area (Å²) >= 11 is 0. The van der Waals surface area contributed by atoms with E-state index in [1.54, 1.807) is 0 Å². The van der Waals surface area contributed by atoms with Gasteiger partial charge in [-0.2, -0.15) is 0 Å². The molecule has 0 amide bonds. The highest BCUT2D eigenvalue weighted by Gasteiger charge is 2.18. The average Bonchev–Trinajstić information content (AvgIpc) is 3.73. The molecule has 0 N–H and O–H groups in total. The summed E-state index contributed by atoms with van der Waals surface area (Å²) in [5, 5.41) is 4.58. The highest BCUT2D eigenvalue weighted by atomic mass is 16.3. The van der Waals surface area contributed by atoms with Crippen molar-refractivity contribution >= 4 is 43.7 Å². The van der Waals surface area contributed by atoms with E-state index in [1.165, 1.54) is 0 Å². The number of rotatable bonds is 5. The van der Waals surface area contributed by atoms with Crippen LogP contribution in [0.2, 0.25) is 0 Å². The van der Waals surface area contributed by atoms with Crippen molar-refractivity contribution in [3.05, 3.63) is 176 Å². The number of hydrogen-bond acceptors (Lipinski definition) is 3. The van der Waals surface area contributed by atoms with Gasteiger partial charge in [0.25, 0.3) is 0 Å². The molecule has 0 bridgehead atoms. The van der Waals surface area contributed by atoms with Gasteiger partial charge in [-0.15, -0.1) is 0 Å². The van der Waals surface area contributed by atoms with E-state index in [2.05, 4.69) is 132 Å². The van der Waals surface area contributed by atoms with E-state index in [9.17, 15) is 0 Å². The fraction of sp³-hybridized carbons (Fsp3) is 0. The highest BCUT2D eigenvalue weighted by molar-refractivity contribution is 6.10. The van der Waals surface area contributed by atoms with Gasteiger partial charge >= 0.3 is 0 Å². The molecule has 10 rings (SSSR count). The van der Waals surface area contributed by atoms with Gasteiger partial charge in [-0.05, 0) is 70.8 Å². The van der Waals surface area contributed by atoms with Crippen molar-refractivity contribution in [3.63, 3.8) is 0 Å². The number of aromatic nitrogens is 3. The Morgan fingerprint density at radius 1 is 0.340 bits per heavy atom. The molecule has 0 atom stereocenters. The molecular formula is C46H29N3O. The lowest BCUT2D eigenvalue weighted by Gasteiger charge is -2.12. The fourth-order valence-electron chi connectivity index (χ4n) is 7.20. The maximum atomic E-state index is 6.09. The van der Waals surface area contributed by atoms with Crippen LogP contribution in [0.25, 0.3) is 94.5 Å². The maximum absolute atomic E-state index is 6.09. The summed E-state index contributed by atoms with van der Waals surface area (Å²) in [4.78, 5) is 10.4. The van der Waals surface area contributed by atoms with Crippen molar-refractivity contribution in [2.75, 3.05) is 0 Å². The second-order valence-corrected chi connectivity index (χ2v) is 12.6. The molecule has 234 valence electrons. The number of hydrogen-bond donors (Lipinski definition) is 0. The van der Waals surface area contributed by atoms with Gasteiger partial charge in [0, 0.05) is 32.7 Å². The van der Waals surface area contributed by atoms with Gasteiger partial charge in [-0.3, -0.25) is 4.57 Å². The molecule has 50 heavy (non-hydrogen) atoms. The summed E-state index contributed by atoms with van der Waals surface area (Å²) in [6.45, 7) is 0. The van der Waals surface area contributed by atoms with E-state index in [0.717, 1.165) is 88.5 Å².